The predicted molar refractivity (Wildman–Crippen MR) is 179 cm³/mol. The molecule has 3 atom stereocenters. The third-order valence-corrected chi connectivity index (χ3v) is 8.54. The lowest BCUT2D eigenvalue weighted by Crippen LogP contribution is -2.57. The van der Waals surface area contributed by atoms with E-state index in [9.17, 15) is 19.5 Å². The third kappa shape index (κ3) is 12.9. The Morgan fingerprint density at radius 3 is 2.15 bits per heavy atom. The molecule has 0 spiro atoms. The molecule has 2 aromatic rings. The lowest BCUT2D eigenvalue weighted by atomic mass is 9.85. The number of hydrogen-bond acceptors (Lipinski definition) is 11. The fraction of sp³-hybridized carbons (Fsp3) is 0.636. The Morgan fingerprint density at radius 1 is 1.00 bits per heavy atom. The number of likely N-dealkylation sites (tertiary alicyclic amines) is 1. The molecule has 1 unspecified atom stereocenters. The summed E-state index contributed by atoms with van der Waals surface area (Å²) in [6, 6.07) is 6.13. The van der Waals surface area contributed by atoms with Gasteiger partial charge in [0.25, 0.3) is 0 Å². The van der Waals surface area contributed by atoms with E-state index in [0.29, 0.717) is 52.8 Å². The smallest absolute Gasteiger partial charge is 0.246 e. The van der Waals surface area contributed by atoms with E-state index >= 15 is 0 Å². The van der Waals surface area contributed by atoms with Crippen LogP contribution in [0.25, 0.3) is 10.4 Å². The second kappa shape index (κ2) is 19.7. The van der Waals surface area contributed by atoms with E-state index in [1.54, 1.807) is 11.3 Å². The van der Waals surface area contributed by atoms with Gasteiger partial charge in [0.15, 0.2) is 0 Å². The highest BCUT2D eigenvalue weighted by molar-refractivity contribution is 7.13. The van der Waals surface area contributed by atoms with E-state index in [2.05, 4.69) is 15.6 Å². The molecule has 14 heteroatoms. The molecule has 3 rings (SSSR count). The monoisotopic (exact) mass is 677 g/mol. The van der Waals surface area contributed by atoms with Gasteiger partial charge in [0, 0.05) is 32.5 Å². The van der Waals surface area contributed by atoms with Crippen LogP contribution in [0.4, 0.5) is 0 Å². The van der Waals surface area contributed by atoms with Crippen molar-refractivity contribution in [2.75, 3.05) is 65.9 Å². The summed E-state index contributed by atoms with van der Waals surface area (Å²) in [7, 11) is 0. The number of ether oxygens (including phenoxy) is 4. The molecule has 13 nitrogen and oxygen atoms in total. The number of aryl methyl sites for hydroxylation is 1. The van der Waals surface area contributed by atoms with E-state index in [0.717, 1.165) is 21.7 Å². The van der Waals surface area contributed by atoms with Gasteiger partial charge in [-0.1, -0.05) is 45.0 Å². The molecule has 262 valence electrons. The Kier molecular flexibility index (Phi) is 16.2. The van der Waals surface area contributed by atoms with Crippen LogP contribution in [0.3, 0.4) is 0 Å². The molecule has 3 amide bonds. The zero-order chi connectivity index (χ0) is 34.2. The Morgan fingerprint density at radius 2 is 1.60 bits per heavy atom. The minimum absolute atomic E-state index is 0.0124. The third-order valence-electron chi connectivity index (χ3n) is 7.56. The molecule has 1 aromatic carbocycles. The molecular weight excluding hydrogens is 626 g/mol. The number of aromatic nitrogens is 1. The van der Waals surface area contributed by atoms with E-state index in [1.807, 2.05) is 57.5 Å². The molecule has 2 heterocycles. The van der Waals surface area contributed by atoms with E-state index in [4.69, 9.17) is 24.7 Å². The van der Waals surface area contributed by atoms with Crippen molar-refractivity contribution in [3.63, 3.8) is 0 Å². The Bertz CT molecular complexity index is 1250. The number of thiazole rings is 1. The number of amides is 3. The van der Waals surface area contributed by atoms with Gasteiger partial charge in [-0.15, -0.1) is 11.3 Å². The minimum atomic E-state index is -0.901. The van der Waals surface area contributed by atoms with Crippen LogP contribution in [0, 0.1) is 12.3 Å². The summed E-state index contributed by atoms with van der Waals surface area (Å²) in [4.78, 5) is 46.6. The minimum Gasteiger partial charge on any atom is -0.391 e. The molecule has 0 aliphatic carbocycles. The van der Waals surface area contributed by atoms with Gasteiger partial charge >= 0.3 is 0 Å². The maximum atomic E-state index is 13.8. The molecule has 1 aliphatic rings. The van der Waals surface area contributed by atoms with Gasteiger partial charge in [0.2, 0.25) is 17.7 Å². The zero-order valence-electron chi connectivity index (χ0n) is 28.0. The summed E-state index contributed by atoms with van der Waals surface area (Å²) in [5, 5.41) is 16.2. The SMILES string of the molecule is Cc1ncsc1-c1ccc(CNC(=O)C2C[C@@H](O)CN2C(=O)[C@@H](NC(=O)CCOCCOCCOCCOCCN)C(C)(C)C)cc1. The quantitative estimate of drug-likeness (QED) is 0.151. The fourth-order valence-electron chi connectivity index (χ4n) is 5.02. The molecule has 47 heavy (non-hydrogen) atoms. The van der Waals surface area contributed by atoms with Gasteiger partial charge < -0.3 is 45.3 Å². The van der Waals surface area contributed by atoms with Crippen molar-refractivity contribution in [3.8, 4) is 10.4 Å². The van der Waals surface area contributed by atoms with Gasteiger partial charge in [-0.05, 0) is 23.5 Å². The number of carbonyl (C=O) groups excluding carboxylic acids is 3. The van der Waals surface area contributed by atoms with Crippen LogP contribution in [0.15, 0.2) is 29.8 Å². The number of hydrogen-bond donors (Lipinski definition) is 4. The van der Waals surface area contributed by atoms with Crippen LogP contribution in [0.2, 0.25) is 0 Å². The number of benzene rings is 1. The first-order valence-electron chi connectivity index (χ1n) is 16.1. The number of nitrogens with zero attached hydrogens (tertiary/aromatic N) is 2. The average Bonchev–Trinajstić information content (AvgIpc) is 3.65. The summed E-state index contributed by atoms with van der Waals surface area (Å²) in [5.74, 6) is -1.11. The molecule has 0 bridgehead atoms. The number of nitrogens with one attached hydrogen (secondary N) is 2. The number of carbonyl (C=O) groups is 3. The Balaban J connectivity index is 1.42. The van der Waals surface area contributed by atoms with Crippen molar-refractivity contribution in [2.24, 2.45) is 11.1 Å². The van der Waals surface area contributed by atoms with Crippen LogP contribution >= 0.6 is 11.3 Å². The van der Waals surface area contributed by atoms with Crippen molar-refractivity contribution in [1.29, 1.82) is 0 Å². The predicted octanol–water partition coefficient (Wildman–Crippen LogP) is 1.64. The highest BCUT2D eigenvalue weighted by atomic mass is 32.1. The van der Waals surface area contributed by atoms with Crippen molar-refractivity contribution in [2.45, 2.75) is 65.3 Å². The summed E-state index contributed by atoms with van der Waals surface area (Å²) >= 11 is 1.58. The summed E-state index contributed by atoms with van der Waals surface area (Å²) < 4.78 is 21.6. The molecule has 1 fully saturated rings. The second-order valence-corrected chi connectivity index (χ2v) is 13.3. The topological polar surface area (TPSA) is 175 Å². The van der Waals surface area contributed by atoms with Gasteiger partial charge in [-0.2, -0.15) is 0 Å². The largest absolute Gasteiger partial charge is 0.391 e. The van der Waals surface area contributed by atoms with Crippen molar-refractivity contribution in [3.05, 3.63) is 41.0 Å². The number of aliphatic hydroxyl groups excluding tert-OH is 1. The standard InChI is InChI=1S/C33H51N5O8S/c1-23-29(47-22-36-23)25-7-5-24(6-8-25)20-35-31(41)27-19-26(39)21-38(27)32(42)30(33(2,3)4)37-28(40)9-11-43-13-15-45-17-18-46-16-14-44-12-10-34/h5-8,22,26-27,30,39H,9-21,34H2,1-4H3,(H,35,41)(H,37,40)/t26-,27?,30-/m1/s1. The number of rotatable bonds is 20. The van der Waals surface area contributed by atoms with E-state index in [-0.39, 0.29) is 44.4 Å². The first kappa shape index (κ1) is 38.5. The maximum absolute atomic E-state index is 13.8. The van der Waals surface area contributed by atoms with Crippen LogP contribution in [0.5, 0.6) is 0 Å². The Hall–Kier alpha value is -2.98. The highest BCUT2D eigenvalue weighted by Crippen LogP contribution is 2.28. The summed E-state index contributed by atoms with van der Waals surface area (Å²) in [6.07, 6.45) is -0.665. The van der Waals surface area contributed by atoms with Gasteiger partial charge in [-0.3, -0.25) is 14.4 Å². The van der Waals surface area contributed by atoms with Crippen molar-refractivity contribution >= 4 is 29.1 Å². The highest BCUT2D eigenvalue weighted by Gasteiger charge is 2.44. The number of aliphatic hydroxyl groups is 1. The summed E-state index contributed by atoms with van der Waals surface area (Å²) in [6.45, 7) is 11.4. The lowest BCUT2D eigenvalue weighted by Gasteiger charge is -2.35. The van der Waals surface area contributed by atoms with Crippen LogP contribution in [0.1, 0.15) is 44.9 Å². The lowest BCUT2D eigenvalue weighted by molar-refractivity contribution is -0.144. The van der Waals surface area contributed by atoms with Gasteiger partial charge in [0.05, 0.1) is 75.0 Å². The molecular formula is C33H51N5O8S. The normalized spacial score (nSPS) is 17.1. The molecule has 0 saturated carbocycles. The average molecular weight is 678 g/mol. The molecule has 1 aromatic heterocycles. The summed E-state index contributed by atoms with van der Waals surface area (Å²) in [5.41, 5.74) is 9.45. The van der Waals surface area contributed by atoms with E-state index < -0.39 is 29.5 Å². The zero-order valence-corrected chi connectivity index (χ0v) is 28.8. The second-order valence-electron chi connectivity index (χ2n) is 12.4. The number of nitrogens with two attached hydrogens (primary N) is 1. The van der Waals surface area contributed by atoms with Crippen molar-refractivity contribution in [1.82, 2.24) is 20.5 Å². The van der Waals surface area contributed by atoms with Crippen LogP contribution in [-0.4, -0.2) is 117 Å². The van der Waals surface area contributed by atoms with Gasteiger partial charge in [0.1, 0.15) is 12.1 Å². The molecule has 0 radical (unpaired) electrons. The van der Waals surface area contributed by atoms with Crippen LogP contribution in [-0.2, 0) is 39.9 Å². The molecule has 5 N–H and O–H groups in total. The molecule has 1 aliphatic heterocycles. The first-order valence-corrected chi connectivity index (χ1v) is 16.9. The van der Waals surface area contributed by atoms with Crippen LogP contribution < -0.4 is 16.4 Å². The number of β-amino-alcohol motifs (C(OH)–C–C–N with tert-alkyl or cyclic N) is 1. The first-order chi connectivity index (χ1) is 22.5. The fourth-order valence-corrected chi connectivity index (χ4v) is 5.84. The van der Waals surface area contributed by atoms with Crippen molar-refractivity contribution < 1.29 is 38.4 Å². The van der Waals surface area contributed by atoms with Gasteiger partial charge in [-0.25, -0.2) is 4.98 Å². The Labute approximate surface area is 281 Å². The maximum Gasteiger partial charge on any atom is 0.246 e. The molecule has 1 saturated heterocycles. The van der Waals surface area contributed by atoms with E-state index in [1.165, 1.54) is 4.90 Å².